The third kappa shape index (κ3) is 8.11. The molecule has 2 N–H and O–H groups in total. The van der Waals surface area contributed by atoms with Crippen molar-refractivity contribution in [1.82, 2.24) is 9.62 Å². The van der Waals surface area contributed by atoms with Crippen LogP contribution in [0.1, 0.15) is 14.4 Å². The molecule has 2 aliphatic heterocycles. The first-order valence-electron chi connectivity index (χ1n) is 10.3. The maximum Gasteiger partial charge on any atom is 0.286 e. The number of nitrogens with one attached hydrogen (secondary N) is 2. The Morgan fingerprint density at radius 3 is 2.24 bits per heavy atom. The molecule has 38 heavy (non-hydrogen) atoms. The number of hydrogen-bond acceptors (Lipinski definition) is 11. The number of rotatable bonds is 5. The van der Waals surface area contributed by atoms with Crippen molar-refractivity contribution in [3.63, 3.8) is 0 Å². The molecule has 0 amide bonds. The largest absolute Gasteiger partial charge is 0.790 e. The molecule has 1 atom stereocenters. The van der Waals surface area contributed by atoms with Gasteiger partial charge in [-0.1, -0.05) is 30.6 Å². The highest BCUT2D eigenvalue weighted by Gasteiger charge is 2.30. The zero-order chi connectivity index (χ0) is 27.8. The maximum atomic E-state index is 12.0. The average molecular weight is 630 g/mol. The lowest BCUT2D eigenvalue weighted by molar-refractivity contribution is -0.341. The van der Waals surface area contributed by atoms with Crippen LogP contribution in [0.4, 0.5) is 11.4 Å². The standard InChI is InChI=1S/C10H14ClN3O2S.C9H10ClN2O6PS.CH4/c1-14(2)6-10-12-8-4-3-7(11)5-9(8)17(15,16)13-10;1-6-11-20(16,17)9-4-7(10)2-3-8(9)12(6)5-18-19(13,14)15;/h3-5,10,12-13H,6H2,1-2H3;2-4H,5H2,1H3,(H2,13,14,15);1H4/p-2. The third-order valence-electron chi connectivity index (χ3n) is 4.89. The fourth-order valence-electron chi connectivity index (χ4n) is 3.41. The number of fused-ring (bicyclic) bond motifs is 2. The summed E-state index contributed by atoms with van der Waals surface area (Å²) in [7, 11) is -8.82. The van der Waals surface area contributed by atoms with Crippen LogP contribution in [0.5, 0.6) is 0 Å². The molecule has 18 heteroatoms. The SMILES string of the molecule is C.CC1=NS(=O)(=O)c2cc(Cl)ccc2N1COP(=O)([O-])[O-].CN(C)CC1Nc2ccc(Cl)cc2S(=O)(=O)N1. The summed E-state index contributed by atoms with van der Waals surface area (Å²) in [5, 5.41) is 3.71. The van der Waals surface area contributed by atoms with Gasteiger partial charge in [0, 0.05) is 16.6 Å². The summed E-state index contributed by atoms with van der Waals surface area (Å²) in [5.74, 6) is -0.0201. The Balaban J connectivity index is 0.000000263. The summed E-state index contributed by atoms with van der Waals surface area (Å²) in [6.45, 7) is 1.25. The van der Waals surface area contributed by atoms with Gasteiger partial charge in [-0.25, -0.2) is 8.42 Å². The van der Waals surface area contributed by atoms with E-state index in [-0.39, 0.29) is 39.9 Å². The van der Waals surface area contributed by atoms with Crippen LogP contribution in [-0.2, 0) is 29.1 Å². The quantitative estimate of drug-likeness (QED) is 0.458. The maximum absolute atomic E-state index is 12.0. The van der Waals surface area contributed by atoms with Crippen LogP contribution in [0.3, 0.4) is 0 Å². The number of benzene rings is 2. The normalized spacial score (nSPS) is 19.1. The zero-order valence-electron chi connectivity index (χ0n) is 19.6. The molecule has 13 nitrogen and oxygen atoms in total. The molecule has 1 unspecified atom stereocenters. The number of likely N-dealkylation sites (N-methyl/N-ethyl adjacent to an activating group) is 1. The van der Waals surface area contributed by atoms with E-state index >= 15 is 0 Å². The number of nitrogens with zero attached hydrogens (tertiary/aromatic N) is 3. The van der Waals surface area contributed by atoms with E-state index in [1.807, 2.05) is 19.0 Å². The summed E-state index contributed by atoms with van der Waals surface area (Å²) in [6.07, 6.45) is -0.330. The molecule has 2 aromatic rings. The number of halogens is 2. The van der Waals surface area contributed by atoms with Crippen molar-refractivity contribution in [2.24, 2.45) is 4.40 Å². The number of hydrogen-bond donors (Lipinski definition) is 2. The minimum atomic E-state index is -5.18. The smallest absolute Gasteiger partial charge is 0.286 e. The van der Waals surface area contributed by atoms with Gasteiger partial charge >= 0.3 is 0 Å². The monoisotopic (exact) mass is 629 g/mol. The Morgan fingerprint density at radius 2 is 1.66 bits per heavy atom. The second kappa shape index (κ2) is 12.2. The fourth-order valence-corrected chi connectivity index (χ4v) is 6.74. The molecule has 2 heterocycles. The van der Waals surface area contributed by atoms with E-state index in [1.54, 1.807) is 12.1 Å². The molecule has 0 bridgehead atoms. The lowest BCUT2D eigenvalue weighted by atomic mass is 10.3. The molecule has 0 fully saturated rings. The van der Waals surface area contributed by atoms with Crippen molar-refractivity contribution in [2.75, 3.05) is 37.6 Å². The van der Waals surface area contributed by atoms with Gasteiger partial charge in [-0.2, -0.15) is 13.1 Å². The second-order valence-electron chi connectivity index (χ2n) is 8.08. The van der Waals surface area contributed by atoms with Gasteiger partial charge in [-0.15, -0.1) is 4.40 Å². The van der Waals surface area contributed by atoms with Crippen LogP contribution >= 0.6 is 31.0 Å². The number of anilines is 2. The molecular formula is C20H26Cl2N5O8PS2-2. The first kappa shape index (κ1) is 32.4. The molecule has 0 saturated carbocycles. The highest BCUT2D eigenvalue weighted by atomic mass is 35.5. The van der Waals surface area contributed by atoms with Crippen molar-refractivity contribution >= 4 is 68.3 Å². The summed E-state index contributed by atoms with van der Waals surface area (Å²) >= 11 is 11.5. The van der Waals surface area contributed by atoms with Gasteiger partial charge in [0.25, 0.3) is 10.0 Å². The summed E-state index contributed by atoms with van der Waals surface area (Å²) < 4.78 is 68.5. The topological polar surface area (TPSA) is 184 Å². The highest BCUT2D eigenvalue weighted by Crippen LogP contribution is 2.35. The predicted octanol–water partition coefficient (Wildman–Crippen LogP) is 1.64. The highest BCUT2D eigenvalue weighted by molar-refractivity contribution is 7.90. The Labute approximate surface area is 231 Å². The van der Waals surface area contributed by atoms with E-state index in [1.165, 1.54) is 31.2 Å². The van der Waals surface area contributed by atoms with Crippen molar-refractivity contribution in [1.29, 1.82) is 0 Å². The van der Waals surface area contributed by atoms with Crippen LogP contribution in [-0.4, -0.2) is 61.1 Å². The Morgan fingerprint density at radius 1 is 1.08 bits per heavy atom. The van der Waals surface area contributed by atoms with Crippen molar-refractivity contribution < 1.29 is 35.7 Å². The lowest BCUT2D eigenvalue weighted by Crippen LogP contribution is -2.49. The first-order valence-corrected chi connectivity index (χ1v) is 15.4. The minimum absolute atomic E-state index is 0. The molecule has 0 aromatic heterocycles. The summed E-state index contributed by atoms with van der Waals surface area (Å²) in [4.78, 5) is 24.1. The predicted molar refractivity (Wildman–Crippen MR) is 142 cm³/mol. The van der Waals surface area contributed by atoms with E-state index in [4.69, 9.17) is 23.2 Å². The molecule has 212 valence electrons. The molecule has 4 rings (SSSR count). The van der Waals surface area contributed by atoms with Gasteiger partial charge < -0.3 is 34.0 Å². The van der Waals surface area contributed by atoms with Crippen LogP contribution in [0.25, 0.3) is 0 Å². The number of phosphoric ester groups is 1. The van der Waals surface area contributed by atoms with Crippen LogP contribution in [0.2, 0.25) is 10.0 Å². The molecule has 0 saturated heterocycles. The first-order chi connectivity index (χ1) is 17.0. The molecule has 0 radical (unpaired) electrons. The van der Waals surface area contributed by atoms with Crippen LogP contribution in [0.15, 0.2) is 50.6 Å². The van der Waals surface area contributed by atoms with Crippen molar-refractivity contribution in [3.05, 3.63) is 46.4 Å². The zero-order valence-corrected chi connectivity index (χ0v) is 23.6. The minimum Gasteiger partial charge on any atom is -0.790 e. The molecule has 2 aliphatic rings. The Hall–Kier alpha value is -1.78. The fraction of sp³-hybridized carbons (Fsp3) is 0.350. The second-order valence-corrected chi connectivity index (χ2v) is 13.4. The average Bonchev–Trinajstić information content (AvgIpc) is 2.73. The van der Waals surface area contributed by atoms with E-state index < -0.39 is 34.6 Å². The lowest BCUT2D eigenvalue weighted by Gasteiger charge is -2.34. The molecular weight excluding hydrogens is 604 g/mol. The summed E-state index contributed by atoms with van der Waals surface area (Å²) in [5.41, 5.74) is 0.718. The molecule has 0 spiro atoms. The third-order valence-corrected chi connectivity index (χ3v) is 8.69. The number of sulfonamides is 2. The van der Waals surface area contributed by atoms with Gasteiger partial charge in [0.15, 0.2) is 0 Å². The summed E-state index contributed by atoms with van der Waals surface area (Å²) in [6, 6.07) is 8.77. The molecule has 0 aliphatic carbocycles. The van der Waals surface area contributed by atoms with Crippen molar-refractivity contribution in [2.45, 2.75) is 30.3 Å². The van der Waals surface area contributed by atoms with Crippen molar-refractivity contribution in [3.8, 4) is 0 Å². The van der Waals surface area contributed by atoms with E-state index in [0.717, 1.165) is 4.90 Å². The Bertz CT molecular complexity index is 1480. The van der Waals surface area contributed by atoms with Gasteiger partial charge in [0.2, 0.25) is 10.0 Å². The van der Waals surface area contributed by atoms with E-state index in [0.29, 0.717) is 17.3 Å². The molecule has 2 aromatic carbocycles. The van der Waals surface area contributed by atoms with Gasteiger partial charge in [0.1, 0.15) is 28.5 Å². The van der Waals surface area contributed by atoms with E-state index in [2.05, 4.69) is 19.0 Å². The number of amidine groups is 1. The van der Waals surface area contributed by atoms with Gasteiger partial charge in [0.05, 0.1) is 19.2 Å². The van der Waals surface area contributed by atoms with E-state index in [9.17, 15) is 31.2 Å². The van der Waals surface area contributed by atoms with Crippen LogP contribution < -0.4 is 24.7 Å². The van der Waals surface area contributed by atoms with Crippen LogP contribution in [0, 0.1) is 0 Å². The Kier molecular flexibility index (Phi) is 10.4. The van der Waals surface area contributed by atoms with Gasteiger partial charge in [-0.05, 0) is 57.4 Å². The number of phosphoric acid groups is 1. The van der Waals surface area contributed by atoms with Gasteiger partial charge in [-0.3, -0.25) is 0 Å².